The van der Waals surface area contributed by atoms with Crippen LogP contribution in [0.3, 0.4) is 0 Å². The summed E-state index contributed by atoms with van der Waals surface area (Å²) in [6, 6.07) is 3.80. The van der Waals surface area contributed by atoms with Gasteiger partial charge in [-0.05, 0) is 30.0 Å². The van der Waals surface area contributed by atoms with Crippen LogP contribution in [0, 0.1) is 5.92 Å². The summed E-state index contributed by atoms with van der Waals surface area (Å²) in [5, 5.41) is 0. The van der Waals surface area contributed by atoms with Gasteiger partial charge in [-0.3, -0.25) is 0 Å². The number of nitrogens with two attached hydrogens (primary N) is 1. The summed E-state index contributed by atoms with van der Waals surface area (Å²) in [5.41, 5.74) is 5.73. The highest BCUT2D eigenvalue weighted by atomic mass is 79.9. The van der Waals surface area contributed by atoms with E-state index in [4.69, 9.17) is 5.73 Å². The molecule has 1 nitrogen and oxygen atoms in total. The number of halogens is 4. The standard InChI is InChI=1S/C12H15BrF3N/c1-7(2)5-11(17)8-3-4-10(13)9(6-8)12(14,15)16/h3-4,6-7,11H,5,17H2,1-2H3. The molecule has 0 spiro atoms. The minimum Gasteiger partial charge on any atom is -0.324 e. The van der Waals surface area contributed by atoms with Crippen LogP contribution in [0.1, 0.15) is 37.4 Å². The molecule has 96 valence electrons. The Kier molecular flexibility index (Phi) is 4.61. The van der Waals surface area contributed by atoms with Gasteiger partial charge < -0.3 is 5.73 Å². The topological polar surface area (TPSA) is 26.0 Å². The molecular weight excluding hydrogens is 295 g/mol. The normalized spacial score (nSPS) is 14.1. The van der Waals surface area contributed by atoms with Gasteiger partial charge in [0.05, 0.1) is 5.56 Å². The van der Waals surface area contributed by atoms with Crippen molar-refractivity contribution in [2.24, 2.45) is 11.7 Å². The van der Waals surface area contributed by atoms with E-state index in [0.29, 0.717) is 17.9 Å². The maximum absolute atomic E-state index is 12.7. The molecule has 0 aliphatic carbocycles. The van der Waals surface area contributed by atoms with E-state index in [1.165, 1.54) is 6.07 Å². The lowest BCUT2D eigenvalue weighted by Crippen LogP contribution is -2.15. The predicted molar refractivity (Wildman–Crippen MR) is 65.5 cm³/mol. The summed E-state index contributed by atoms with van der Waals surface area (Å²) >= 11 is 2.91. The summed E-state index contributed by atoms with van der Waals surface area (Å²) in [7, 11) is 0. The van der Waals surface area contributed by atoms with Gasteiger partial charge in [0.25, 0.3) is 0 Å². The molecule has 0 saturated heterocycles. The van der Waals surface area contributed by atoms with Crippen LogP contribution in [-0.2, 0) is 6.18 Å². The average molecular weight is 310 g/mol. The Balaban J connectivity index is 3.04. The van der Waals surface area contributed by atoms with E-state index >= 15 is 0 Å². The van der Waals surface area contributed by atoms with Gasteiger partial charge in [0.1, 0.15) is 0 Å². The fourth-order valence-corrected chi connectivity index (χ4v) is 2.11. The van der Waals surface area contributed by atoms with Crippen molar-refractivity contribution in [3.63, 3.8) is 0 Å². The predicted octanol–water partition coefficient (Wildman–Crippen LogP) is 4.51. The summed E-state index contributed by atoms with van der Waals surface area (Å²) in [5.74, 6) is 0.350. The molecule has 1 aromatic rings. The van der Waals surface area contributed by atoms with Crippen molar-refractivity contribution >= 4 is 15.9 Å². The Bertz CT molecular complexity index is 388. The van der Waals surface area contributed by atoms with Crippen LogP contribution in [0.4, 0.5) is 13.2 Å². The van der Waals surface area contributed by atoms with E-state index in [2.05, 4.69) is 15.9 Å². The van der Waals surface area contributed by atoms with E-state index in [1.807, 2.05) is 13.8 Å². The lowest BCUT2D eigenvalue weighted by atomic mass is 9.96. The number of hydrogen-bond donors (Lipinski definition) is 1. The summed E-state index contributed by atoms with van der Waals surface area (Å²) in [4.78, 5) is 0. The molecule has 1 rings (SSSR count). The Hall–Kier alpha value is -0.550. The molecule has 0 amide bonds. The Morgan fingerprint density at radius 1 is 1.29 bits per heavy atom. The van der Waals surface area contributed by atoms with Gasteiger partial charge in [-0.25, -0.2) is 0 Å². The second kappa shape index (κ2) is 5.40. The lowest BCUT2D eigenvalue weighted by molar-refractivity contribution is -0.138. The number of rotatable bonds is 3. The third kappa shape index (κ3) is 4.00. The zero-order valence-corrected chi connectivity index (χ0v) is 11.3. The zero-order valence-electron chi connectivity index (χ0n) is 9.68. The highest BCUT2D eigenvalue weighted by molar-refractivity contribution is 9.10. The third-order valence-corrected chi connectivity index (χ3v) is 3.14. The second-order valence-electron chi connectivity index (χ2n) is 4.47. The summed E-state index contributed by atoms with van der Waals surface area (Å²) < 4.78 is 38.1. The zero-order chi connectivity index (χ0) is 13.2. The van der Waals surface area contributed by atoms with Crippen LogP contribution in [0.2, 0.25) is 0 Å². The maximum Gasteiger partial charge on any atom is 0.417 e. The molecule has 2 N–H and O–H groups in total. The number of benzene rings is 1. The minimum atomic E-state index is -4.35. The van der Waals surface area contributed by atoms with Gasteiger partial charge in [0, 0.05) is 10.5 Å². The lowest BCUT2D eigenvalue weighted by Gasteiger charge is -2.17. The van der Waals surface area contributed by atoms with Crippen molar-refractivity contribution in [2.45, 2.75) is 32.5 Å². The van der Waals surface area contributed by atoms with Gasteiger partial charge in [0.2, 0.25) is 0 Å². The van der Waals surface area contributed by atoms with Crippen molar-refractivity contribution < 1.29 is 13.2 Å². The molecule has 0 fully saturated rings. The quantitative estimate of drug-likeness (QED) is 0.873. The van der Waals surface area contributed by atoms with Gasteiger partial charge >= 0.3 is 6.18 Å². The Labute approximate surface area is 107 Å². The molecule has 1 atom stereocenters. The monoisotopic (exact) mass is 309 g/mol. The van der Waals surface area contributed by atoms with Crippen molar-refractivity contribution in [3.8, 4) is 0 Å². The maximum atomic E-state index is 12.7. The molecule has 1 unspecified atom stereocenters. The van der Waals surface area contributed by atoms with Crippen LogP contribution >= 0.6 is 15.9 Å². The van der Waals surface area contributed by atoms with Crippen molar-refractivity contribution in [3.05, 3.63) is 33.8 Å². The first-order chi connectivity index (χ1) is 7.71. The average Bonchev–Trinajstić information content (AvgIpc) is 2.15. The molecule has 0 aliphatic rings. The molecule has 0 bridgehead atoms. The first-order valence-corrected chi connectivity index (χ1v) is 6.13. The first kappa shape index (κ1) is 14.5. The largest absolute Gasteiger partial charge is 0.417 e. The number of hydrogen-bond acceptors (Lipinski definition) is 1. The fraction of sp³-hybridized carbons (Fsp3) is 0.500. The van der Waals surface area contributed by atoms with Crippen LogP contribution < -0.4 is 5.73 Å². The van der Waals surface area contributed by atoms with Crippen LogP contribution in [0.15, 0.2) is 22.7 Å². The molecule has 0 heterocycles. The molecular formula is C12H15BrF3N. The number of alkyl halides is 3. The Morgan fingerprint density at radius 3 is 2.35 bits per heavy atom. The van der Waals surface area contributed by atoms with Gasteiger partial charge in [-0.2, -0.15) is 13.2 Å². The molecule has 0 aliphatic heterocycles. The molecule has 0 radical (unpaired) electrons. The van der Waals surface area contributed by atoms with E-state index in [0.717, 1.165) is 6.07 Å². The van der Waals surface area contributed by atoms with Crippen molar-refractivity contribution in [2.75, 3.05) is 0 Å². The van der Waals surface area contributed by atoms with Crippen LogP contribution in [0.5, 0.6) is 0 Å². The van der Waals surface area contributed by atoms with E-state index in [1.54, 1.807) is 6.07 Å². The second-order valence-corrected chi connectivity index (χ2v) is 5.33. The van der Waals surface area contributed by atoms with Crippen LogP contribution in [0.25, 0.3) is 0 Å². The van der Waals surface area contributed by atoms with E-state index in [9.17, 15) is 13.2 Å². The summed E-state index contributed by atoms with van der Waals surface area (Å²) in [6.45, 7) is 3.98. The van der Waals surface area contributed by atoms with E-state index in [-0.39, 0.29) is 10.5 Å². The molecule has 0 aromatic heterocycles. The molecule has 17 heavy (non-hydrogen) atoms. The smallest absolute Gasteiger partial charge is 0.324 e. The Morgan fingerprint density at radius 2 is 1.88 bits per heavy atom. The third-order valence-electron chi connectivity index (χ3n) is 2.45. The molecule has 5 heteroatoms. The van der Waals surface area contributed by atoms with Crippen molar-refractivity contribution in [1.82, 2.24) is 0 Å². The fourth-order valence-electron chi connectivity index (χ4n) is 1.63. The van der Waals surface area contributed by atoms with Crippen molar-refractivity contribution in [1.29, 1.82) is 0 Å². The van der Waals surface area contributed by atoms with Gasteiger partial charge in [0.15, 0.2) is 0 Å². The molecule has 0 saturated carbocycles. The minimum absolute atomic E-state index is 0.0468. The molecule has 1 aromatic carbocycles. The van der Waals surface area contributed by atoms with Crippen LogP contribution in [-0.4, -0.2) is 0 Å². The summed E-state index contributed by atoms with van der Waals surface area (Å²) in [6.07, 6.45) is -3.69. The van der Waals surface area contributed by atoms with Gasteiger partial charge in [-0.15, -0.1) is 0 Å². The highest BCUT2D eigenvalue weighted by Crippen LogP contribution is 2.36. The first-order valence-electron chi connectivity index (χ1n) is 5.34. The SMILES string of the molecule is CC(C)CC(N)c1ccc(Br)c(C(F)(F)F)c1. The van der Waals surface area contributed by atoms with Gasteiger partial charge in [-0.1, -0.05) is 35.8 Å². The highest BCUT2D eigenvalue weighted by Gasteiger charge is 2.33. The van der Waals surface area contributed by atoms with E-state index < -0.39 is 11.7 Å².